The van der Waals surface area contributed by atoms with Gasteiger partial charge in [-0.15, -0.1) is 5.53 Å². The molecular formula is C91H147N3O44. The van der Waals surface area contributed by atoms with Crippen molar-refractivity contribution in [2.45, 2.75) is 201 Å². The van der Waals surface area contributed by atoms with E-state index in [0.29, 0.717) is 19.3 Å². The monoisotopic (exact) mass is 1990 g/mol. The molecule has 138 heavy (non-hydrogen) atoms. The first-order chi connectivity index (χ1) is 63.7. The number of aliphatic hydroxyl groups excluding tert-OH is 8. The summed E-state index contributed by atoms with van der Waals surface area (Å²) >= 11 is 0. The Morgan fingerprint density at radius 3 is 0.659 bits per heavy atom. The highest BCUT2D eigenvalue weighted by Gasteiger charge is 2.55. The number of hydrazine groups is 2. The Hall–Kier alpha value is -8.76. The van der Waals surface area contributed by atoms with Crippen LogP contribution >= 0.6 is 0 Å². The molecular weight excluding hydrogens is 1840 g/mol. The van der Waals surface area contributed by atoms with Crippen LogP contribution in [-0.4, -0.2) is 357 Å². The molecule has 0 aromatic rings. The second-order valence-corrected chi connectivity index (χ2v) is 42.1. The van der Waals surface area contributed by atoms with Gasteiger partial charge in [0.2, 0.25) is 0 Å². The maximum absolute atomic E-state index is 15.0. The number of ether oxygens (including phenoxy) is 22. The van der Waals surface area contributed by atoms with Crippen LogP contribution in [0.15, 0.2) is 11.9 Å². The molecule has 0 unspecified atom stereocenters. The van der Waals surface area contributed by atoms with Gasteiger partial charge >= 0.3 is 83.6 Å². The van der Waals surface area contributed by atoms with Gasteiger partial charge in [-0.25, -0.2) is 0 Å². The SMILES string of the molecule is CC1(C)OCC(C)(C(=O)OCC(C)(COC(=O)C2(C)COC(C)(C)OC2)C(=O)OCC(C)(COC(=O)C(C)(COC(=O)C2(C)COC(C)(C)OC2)COC(=O)C2(C)COC(C)(C)OC2)C(=O)OCC2=CN(CCCCCCOC(=O)C(C)(COC(=O)C(C)(COC(=O)C(C)(CO)CO)COC(=O)C(C)(CO)CO)COC(=O)C(C)(COC(=O)C(C)(CO)CO)COC(=O)C(C)(CO)CO)NN2)CO1. The number of hydrogen-bond acceptors (Lipinski definition) is 47. The summed E-state index contributed by atoms with van der Waals surface area (Å²) in [6.07, 6.45) is 2.85. The van der Waals surface area contributed by atoms with Gasteiger partial charge in [0.15, 0.2) is 23.1 Å². The molecule has 0 aliphatic carbocycles. The molecule has 0 bridgehead atoms. The van der Waals surface area contributed by atoms with Crippen LogP contribution in [0, 0.1) is 75.8 Å². The molecule has 0 saturated carbocycles. The summed E-state index contributed by atoms with van der Waals surface area (Å²) in [5.74, 6) is -20.3. The van der Waals surface area contributed by atoms with Gasteiger partial charge in [-0.2, -0.15) is 0 Å². The normalized spacial score (nSPS) is 18.6. The first-order valence-electron chi connectivity index (χ1n) is 45.1. The van der Waals surface area contributed by atoms with Crippen LogP contribution in [0.25, 0.3) is 0 Å². The summed E-state index contributed by atoms with van der Waals surface area (Å²) in [6, 6.07) is 0. The minimum Gasteiger partial charge on any atom is -0.465 e. The van der Waals surface area contributed by atoms with E-state index in [2.05, 4.69) is 11.0 Å². The van der Waals surface area contributed by atoms with Gasteiger partial charge in [-0.05, 0) is 172 Å². The number of unbranched alkanes of at least 4 members (excludes halogenated alkanes) is 3. The molecule has 5 heterocycles. The molecule has 0 radical (unpaired) electrons. The lowest BCUT2D eigenvalue weighted by molar-refractivity contribution is -0.283. The molecule has 5 rings (SSSR count). The quantitative estimate of drug-likeness (QED) is 0.0225. The molecule has 0 spiro atoms. The number of hydrogen-bond donors (Lipinski definition) is 10. The van der Waals surface area contributed by atoms with Crippen LogP contribution in [0.5, 0.6) is 0 Å². The zero-order chi connectivity index (χ0) is 105. The minimum absolute atomic E-state index is 0.140. The molecule has 0 aromatic heterocycles. The fourth-order valence-electron chi connectivity index (χ4n) is 11.9. The summed E-state index contributed by atoms with van der Waals surface area (Å²) in [5.41, 5.74) is -20.6. The smallest absolute Gasteiger partial charge is 0.319 e. The fourth-order valence-corrected chi connectivity index (χ4v) is 11.9. The number of aliphatic hydroxyl groups is 8. The molecule has 5 aliphatic rings. The molecule has 0 aromatic carbocycles. The van der Waals surface area contributed by atoms with E-state index in [0.717, 1.165) is 48.5 Å². The summed E-state index contributed by atoms with van der Waals surface area (Å²) in [6.45, 7) is 9.76. The minimum atomic E-state index is -2.27. The van der Waals surface area contributed by atoms with Crippen molar-refractivity contribution in [2.24, 2.45) is 75.8 Å². The third-order valence-electron chi connectivity index (χ3n) is 24.4. The van der Waals surface area contributed by atoms with E-state index >= 15 is 0 Å². The Balaban J connectivity index is 1.41. The Kier molecular flexibility index (Phi) is 41.9. The highest BCUT2D eigenvalue weighted by molar-refractivity contribution is 5.87. The number of nitrogens with zero attached hydrogens (tertiary/aromatic N) is 1. The molecule has 0 amide bonds. The maximum Gasteiger partial charge on any atom is 0.319 e. The van der Waals surface area contributed by atoms with Gasteiger partial charge < -0.3 is 150 Å². The lowest BCUT2D eigenvalue weighted by atomic mass is 9.89. The van der Waals surface area contributed by atoms with E-state index in [1.165, 1.54) is 54.7 Å². The van der Waals surface area contributed by atoms with Crippen molar-refractivity contribution in [2.75, 3.05) is 205 Å². The third kappa shape index (κ3) is 32.1. The van der Waals surface area contributed by atoms with Crippen molar-refractivity contribution < 1.29 is 212 Å². The van der Waals surface area contributed by atoms with Crippen LogP contribution in [0.1, 0.15) is 178 Å². The first-order valence-corrected chi connectivity index (χ1v) is 45.1. The topological polar surface area (TPSA) is 631 Å². The van der Waals surface area contributed by atoms with E-state index in [1.54, 1.807) is 60.4 Å². The lowest BCUT2D eigenvalue weighted by Crippen LogP contribution is -2.52. The number of carbonyl (C=O) groups is 14. The van der Waals surface area contributed by atoms with E-state index in [-0.39, 0.29) is 78.1 Å². The highest BCUT2D eigenvalue weighted by atomic mass is 16.7. The second-order valence-electron chi connectivity index (χ2n) is 42.1. The molecule has 10 N–H and O–H groups in total. The van der Waals surface area contributed by atoms with Crippen LogP contribution in [0.2, 0.25) is 0 Å². The van der Waals surface area contributed by atoms with E-state index < -0.39 is 321 Å². The maximum atomic E-state index is 15.0. The predicted octanol–water partition coefficient (Wildman–Crippen LogP) is 0.476. The van der Waals surface area contributed by atoms with E-state index in [1.807, 2.05) is 0 Å². The Labute approximate surface area is 802 Å². The van der Waals surface area contributed by atoms with Crippen molar-refractivity contribution >= 4 is 83.6 Å². The first kappa shape index (κ1) is 120. The van der Waals surface area contributed by atoms with Gasteiger partial charge in [-0.3, -0.25) is 72.1 Å². The van der Waals surface area contributed by atoms with Crippen LogP contribution in [-0.2, 0) is 171 Å². The Morgan fingerprint density at radius 1 is 0.268 bits per heavy atom. The Bertz CT molecular complexity index is 3800. The molecule has 5 aliphatic heterocycles. The molecule has 4 saturated heterocycles. The number of esters is 14. The van der Waals surface area contributed by atoms with E-state index in [9.17, 15) is 108 Å². The molecule has 47 nitrogen and oxygen atoms in total. The zero-order valence-corrected chi connectivity index (χ0v) is 83.5. The second kappa shape index (κ2) is 48.3. The standard InChI is InChI=1S/C91H147N3O44/c1-74(2)131-51-88(19,52-132-74)70(113)127-47-86(17,48-128-71(114)89(20)53-133-75(3,4)134-54-89)68(111)125-41-83(14,42-126-69(112)87(18,49-129-72(115)90(21)55-135-76(5,6)136-56-90)50-130-73(116)91(22)57-137-77(7,8)138-58-91)65(108)118-30-59-29-94(93-92-59)27-25-23-24-26-28-117-64(107)82(13,39-123-66(109)84(15,43-119-60(103)78(9,31-95)32-96)44-120-61(104)79(10,33-97)34-98)40-124-67(110)85(16,45-121-62(105)80(11,35-99)36-100)46-122-63(106)81(12,37-101)38-102/h29,92-93,95-102H,23-28,30-58H2,1-22H3. The summed E-state index contributed by atoms with van der Waals surface area (Å²) in [7, 11) is 0. The molecule has 4 fully saturated rings. The van der Waals surface area contributed by atoms with Gasteiger partial charge in [0.25, 0.3) is 0 Å². The third-order valence-corrected chi connectivity index (χ3v) is 24.4. The number of nitrogens with one attached hydrogen (secondary N) is 2. The van der Waals surface area contributed by atoms with Crippen molar-refractivity contribution in [3.8, 4) is 0 Å². The van der Waals surface area contributed by atoms with Crippen molar-refractivity contribution in [3.63, 3.8) is 0 Å². The average Bonchev–Trinajstić information content (AvgIpc) is 0.835. The lowest BCUT2D eigenvalue weighted by Gasteiger charge is -2.41. The van der Waals surface area contributed by atoms with E-state index in [4.69, 9.17) is 104 Å². The van der Waals surface area contributed by atoms with Crippen LogP contribution in [0.4, 0.5) is 0 Å². The zero-order valence-electron chi connectivity index (χ0n) is 83.5. The summed E-state index contributed by atoms with van der Waals surface area (Å²) < 4.78 is 126. The average molecular weight is 1990 g/mol. The largest absolute Gasteiger partial charge is 0.465 e. The van der Waals surface area contributed by atoms with Crippen molar-refractivity contribution in [1.29, 1.82) is 0 Å². The van der Waals surface area contributed by atoms with Gasteiger partial charge in [0, 0.05) is 12.7 Å². The van der Waals surface area contributed by atoms with Gasteiger partial charge in [-0.1, -0.05) is 6.42 Å². The summed E-state index contributed by atoms with van der Waals surface area (Å²) in [4.78, 5) is 197. The Morgan fingerprint density at radius 2 is 0.449 bits per heavy atom. The molecule has 790 valence electrons. The molecule has 0 atom stereocenters. The van der Waals surface area contributed by atoms with Crippen LogP contribution in [0.3, 0.4) is 0 Å². The fraction of sp³-hybridized carbons (Fsp3) is 0.824. The van der Waals surface area contributed by atoms with Crippen LogP contribution < -0.4 is 11.0 Å². The van der Waals surface area contributed by atoms with Crippen molar-refractivity contribution in [1.82, 2.24) is 16.0 Å². The predicted molar refractivity (Wildman–Crippen MR) is 467 cm³/mol. The number of rotatable bonds is 55. The highest BCUT2D eigenvalue weighted by Crippen LogP contribution is 2.40. The van der Waals surface area contributed by atoms with Gasteiger partial charge in [0.1, 0.15) is 162 Å². The van der Waals surface area contributed by atoms with Crippen molar-refractivity contribution in [3.05, 3.63) is 11.9 Å². The van der Waals surface area contributed by atoms with Gasteiger partial charge in [0.05, 0.1) is 118 Å². The molecule has 47 heteroatoms. The number of carbonyl (C=O) groups excluding carboxylic acids is 14. The summed E-state index contributed by atoms with van der Waals surface area (Å²) in [5, 5.41) is 81.1.